The number of phenols is 1. The molecular formula is C26H24O2. The van der Waals surface area contributed by atoms with E-state index >= 15 is 0 Å². The predicted octanol–water partition coefficient (Wildman–Crippen LogP) is 6.64. The predicted molar refractivity (Wildman–Crippen MR) is 116 cm³/mol. The second kappa shape index (κ2) is 7.47. The third-order valence-electron chi connectivity index (χ3n) is 5.66. The first-order valence-electron chi connectivity index (χ1n) is 9.82. The summed E-state index contributed by atoms with van der Waals surface area (Å²) < 4.78 is 0. The number of phenolic OH excluding ortho intramolecular Hbond substituents is 1. The lowest BCUT2D eigenvalue weighted by Crippen LogP contribution is -2.05. The standard InChI is InChI=1S/C26H24O2/c1-3-17(2)18-10-11-25(27)24(12-18)16-26(28)22-9-8-21-13-19-6-4-5-7-20(19)14-23(21)15-22/h4-15,17,27H,3,16H2,1-2H3. The van der Waals surface area contributed by atoms with E-state index < -0.39 is 0 Å². The first-order chi connectivity index (χ1) is 13.5. The molecule has 4 aromatic carbocycles. The Kier molecular flexibility index (Phi) is 4.87. The molecule has 0 fully saturated rings. The molecule has 4 rings (SSSR count). The molecule has 28 heavy (non-hydrogen) atoms. The van der Waals surface area contributed by atoms with Crippen LogP contribution in [0.4, 0.5) is 0 Å². The van der Waals surface area contributed by atoms with Crippen LogP contribution in [0.1, 0.15) is 47.7 Å². The second-order valence-electron chi connectivity index (χ2n) is 7.56. The molecule has 0 bridgehead atoms. The highest BCUT2D eigenvalue weighted by molar-refractivity contribution is 6.04. The molecule has 0 saturated carbocycles. The molecule has 0 aromatic heterocycles. The molecule has 1 N–H and O–H groups in total. The number of carbonyl (C=O) groups excluding carboxylic acids is 1. The summed E-state index contributed by atoms with van der Waals surface area (Å²) >= 11 is 0. The number of hydrogen-bond donors (Lipinski definition) is 1. The maximum Gasteiger partial charge on any atom is 0.167 e. The number of carbonyl (C=O) groups is 1. The van der Waals surface area contributed by atoms with E-state index in [2.05, 4.69) is 38.1 Å². The normalized spacial score (nSPS) is 12.4. The highest BCUT2D eigenvalue weighted by atomic mass is 16.3. The third-order valence-corrected chi connectivity index (χ3v) is 5.66. The third kappa shape index (κ3) is 3.50. The van der Waals surface area contributed by atoms with Gasteiger partial charge in [-0.2, -0.15) is 0 Å². The quantitative estimate of drug-likeness (QED) is 0.317. The average Bonchev–Trinajstić information content (AvgIpc) is 2.72. The molecule has 0 aliphatic rings. The Morgan fingerprint density at radius 1 is 0.857 bits per heavy atom. The molecule has 0 aliphatic carbocycles. The van der Waals surface area contributed by atoms with Crippen LogP contribution < -0.4 is 0 Å². The number of benzene rings is 4. The number of ketones is 1. The lowest BCUT2D eigenvalue weighted by atomic mass is 9.93. The summed E-state index contributed by atoms with van der Waals surface area (Å²) in [6.45, 7) is 4.30. The highest BCUT2D eigenvalue weighted by Crippen LogP contribution is 2.28. The molecule has 1 unspecified atom stereocenters. The van der Waals surface area contributed by atoms with E-state index in [-0.39, 0.29) is 18.0 Å². The first kappa shape index (κ1) is 18.2. The van der Waals surface area contributed by atoms with Gasteiger partial charge in [-0.1, -0.05) is 62.4 Å². The van der Waals surface area contributed by atoms with Crippen molar-refractivity contribution in [3.05, 3.63) is 89.5 Å². The van der Waals surface area contributed by atoms with Crippen LogP contribution >= 0.6 is 0 Å². The Labute approximate surface area is 165 Å². The fourth-order valence-corrected chi connectivity index (χ4v) is 3.68. The monoisotopic (exact) mass is 368 g/mol. The number of Topliss-reactive ketones (excluding diaryl/α,β-unsaturated/α-hetero) is 1. The Hall–Kier alpha value is -3.13. The highest BCUT2D eigenvalue weighted by Gasteiger charge is 2.13. The Morgan fingerprint density at radius 3 is 2.25 bits per heavy atom. The molecule has 0 heterocycles. The van der Waals surface area contributed by atoms with Crippen LogP contribution in [-0.4, -0.2) is 10.9 Å². The van der Waals surface area contributed by atoms with Crippen molar-refractivity contribution in [1.82, 2.24) is 0 Å². The summed E-state index contributed by atoms with van der Waals surface area (Å²) in [5.74, 6) is 0.613. The summed E-state index contributed by atoms with van der Waals surface area (Å²) in [6, 6.07) is 24.0. The summed E-state index contributed by atoms with van der Waals surface area (Å²) in [5.41, 5.74) is 2.53. The Morgan fingerprint density at radius 2 is 1.54 bits per heavy atom. The molecule has 0 saturated heterocycles. The number of fused-ring (bicyclic) bond motifs is 2. The van der Waals surface area contributed by atoms with Gasteiger partial charge >= 0.3 is 0 Å². The van der Waals surface area contributed by atoms with Crippen LogP contribution in [-0.2, 0) is 6.42 Å². The molecule has 1 atom stereocenters. The van der Waals surface area contributed by atoms with Gasteiger partial charge in [0.1, 0.15) is 5.75 Å². The summed E-state index contributed by atoms with van der Waals surface area (Å²) in [7, 11) is 0. The minimum Gasteiger partial charge on any atom is -0.508 e. The molecule has 4 aromatic rings. The van der Waals surface area contributed by atoms with Crippen molar-refractivity contribution in [1.29, 1.82) is 0 Å². The molecule has 0 aliphatic heterocycles. The van der Waals surface area contributed by atoms with Crippen LogP contribution in [0.2, 0.25) is 0 Å². The van der Waals surface area contributed by atoms with Gasteiger partial charge in [0.15, 0.2) is 5.78 Å². The van der Waals surface area contributed by atoms with E-state index in [0.717, 1.165) is 22.8 Å². The van der Waals surface area contributed by atoms with Gasteiger partial charge in [-0.3, -0.25) is 4.79 Å². The minimum atomic E-state index is 0.0201. The minimum absolute atomic E-state index is 0.0201. The smallest absolute Gasteiger partial charge is 0.167 e. The van der Waals surface area contributed by atoms with Gasteiger partial charge in [0.2, 0.25) is 0 Å². The van der Waals surface area contributed by atoms with Gasteiger partial charge in [-0.25, -0.2) is 0 Å². The summed E-state index contributed by atoms with van der Waals surface area (Å²) in [5, 5.41) is 14.8. The van der Waals surface area contributed by atoms with Gasteiger partial charge in [0.25, 0.3) is 0 Å². The zero-order valence-corrected chi connectivity index (χ0v) is 16.3. The van der Waals surface area contributed by atoms with Crippen molar-refractivity contribution in [2.75, 3.05) is 0 Å². The number of aromatic hydroxyl groups is 1. The van der Waals surface area contributed by atoms with E-state index in [1.807, 2.05) is 42.5 Å². The lowest BCUT2D eigenvalue weighted by molar-refractivity contribution is 0.0992. The van der Waals surface area contributed by atoms with Crippen LogP contribution in [0.25, 0.3) is 21.5 Å². The lowest BCUT2D eigenvalue weighted by Gasteiger charge is -2.12. The van der Waals surface area contributed by atoms with Gasteiger partial charge in [0.05, 0.1) is 0 Å². The van der Waals surface area contributed by atoms with E-state index in [4.69, 9.17) is 0 Å². The summed E-state index contributed by atoms with van der Waals surface area (Å²) in [6.07, 6.45) is 1.23. The maximum absolute atomic E-state index is 12.9. The van der Waals surface area contributed by atoms with Crippen LogP contribution in [0.15, 0.2) is 72.8 Å². The fourth-order valence-electron chi connectivity index (χ4n) is 3.68. The molecular weight excluding hydrogens is 344 g/mol. The molecule has 140 valence electrons. The fraction of sp³-hybridized carbons (Fsp3) is 0.192. The van der Waals surface area contributed by atoms with Crippen LogP contribution in [0, 0.1) is 0 Å². The SMILES string of the molecule is CCC(C)c1ccc(O)c(CC(=O)c2ccc3cc4ccccc4cc3c2)c1. The van der Waals surface area contributed by atoms with E-state index in [9.17, 15) is 9.90 Å². The van der Waals surface area contributed by atoms with Crippen molar-refractivity contribution in [3.63, 3.8) is 0 Å². The van der Waals surface area contributed by atoms with E-state index in [1.165, 1.54) is 10.8 Å². The van der Waals surface area contributed by atoms with Crippen molar-refractivity contribution in [2.24, 2.45) is 0 Å². The second-order valence-corrected chi connectivity index (χ2v) is 7.56. The maximum atomic E-state index is 12.9. The molecule has 2 heteroatoms. The Bertz CT molecular complexity index is 1170. The molecule has 2 nitrogen and oxygen atoms in total. The van der Waals surface area contributed by atoms with Crippen LogP contribution in [0.3, 0.4) is 0 Å². The van der Waals surface area contributed by atoms with E-state index in [1.54, 1.807) is 6.07 Å². The zero-order valence-electron chi connectivity index (χ0n) is 16.3. The first-order valence-corrected chi connectivity index (χ1v) is 9.82. The van der Waals surface area contributed by atoms with Gasteiger partial charge < -0.3 is 5.11 Å². The van der Waals surface area contributed by atoms with Crippen molar-refractivity contribution in [3.8, 4) is 5.75 Å². The Balaban J connectivity index is 1.66. The largest absolute Gasteiger partial charge is 0.508 e. The van der Waals surface area contributed by atoms with Crippen molar-refractivity contribution >= 4 is 27.3 Å². The summed E-state index contributed by atoms with van der Waals surface area (Å²) in [4.78, 5) is 12.9. The average molecular weight is 368 g/mol. The van der Waals surface area contributed by atoms with E-state index in [0.29, 0.717) is 17.0 Å². The number of rotatable bonds is 5. The van der Waals surface area contributed by atoms with Gasteiger partial charge in [-0.15, -0.1) is 0 Å². The molecule has 0 amide bonds. The van der Waals surface area contributed by atoms with Crippen molar-refractivity contribution < 1.29 is 9.90 Å². The van der Waals surface area contributed by atoms with Crippen LogP contribution in [0.5, 0.6) is 5.75 Å². The van der Waals surface area contributed by atoms with Gasteiger partial charge in [0, 0.05) is 17.5 Å². The molecule has 0 spiro atoms. The van der Waals surface area contributed by atoms with Gasteiger partial charge in [-0.05, 0) is 63.7 Å². The zero-order chi connectivity index (χ0) is 19.7. The molecule has 0 radical (unpaired) electrons. The van der Waals surface area contributed by atoms with Crippen molar-refractivity contribution in [2.45, 2.75) is 32.6 Å². The number of hydrogen-bond acceptors (Lipinski definition) is 2. The topological polar surface area (TPSA) is 37.3 Å².